The second-order valence-corrected chi connectivity index (χ2v) is 4.39. The fraction of sp³-hybridized carbons (Fsp3) is 0.231. The summed E-state index contributed by atoms with van der Waals surface area (Å²) in [6.45, 7) is 2.19. The van der Waals surface area contributed by atoms with E-state index >= 15 is 0 Å². The van der Waals surface area contributed by atoms with Gasteiger partial charge in [-0.05, 0) is 19.1 Å². The molecular formula is C13H12F3N3O. The largest absolute Gasteiger partial charge is 0.348 e. The Labute approximate surface area is 113 Å². The molecule has 0 aliphatic carbocycles. The lowest BCUT2D eigenvalue weighted by Gasteiger charge is -2.14. The van der Waals surface area contributed by atoms with E-state index in [0.29, 0.717) is 18.7 Å². The van der Waals surface area contributed by atoms with Gasteiger partial charge in [0.1, 0.15) is 0 Å². The molecule has 0 bridgehead atoms. The van der Waals surface area contributed by atoms with Crippen molar-refractivity contribution in [2.45, 2.75) is 19.5 Å². The first kappa shape index (κ1) is 14.1. The van der Waals surface area contributed by atoms with Crippen LogP contribution in [0.5, 0.6) is 0 Å². The van der Waals surface area contributed by atoms with Crippen molar-refractivity contribution in [3.63, 3.8) is 0 Å². The lowest BCUT2D eigenvalue weighted by molar-refractivity contribution is 0.0935. The van der Waals surface area contributed by atoms with Gasteiger partial charge in [-0.2, -0.15) is 0 Å². The van der Waals surface area contributed by atoms with E-state index in [1.165, 1.54) is 0 Å². The third-order valence-corrected chi connectivity index (χ3v) is 2.67. The highest BCUT2D eigenvalue weighted by atomic mass is 19.2. The average molecular weight is 283 g/mol. The maximum Gasteiger partial charge on any atom is 0.251 e. The molecule has 4 nitrogen and oxygen atoms in total. The number of benzene rings is 1. The van der Waals surface area contributed by atoms with Gasteiger partial charge in [0, 0.05) is 30.5 Å². The predicted octanol–water partition coefficient (Wildman–Crippen LogP) is 2.12. The number of aromatic nitrogens is 2. The van der Waals surface area contributed by atoms with Crippen molar-refractivity contribution < 1.29 is 18.0 Å². The van der Waals surface area contributed by atoms with E-state index in [0.717, 1.165) is 0 Å². The molecule has 0 radical (unpaired) electrons. The molecule has 0 saturated carbocycles. The average Bonchev–Trinajstić information content (AvgIpc) is 2.87. The standard InChI is InChI=1S/C13H12F3N3O/c1-8(6-19-3-2-17-7-19)18-13(20)9-4-10(14)12(16)11(15)5-9/h2-5,7-8H,6H2,1H3,(H,18,20). The molecular weight excluding hydrogens is 271 g/mol. The Bertz CT molecular complexity index is 590. The topological polar surface area (TPSA) is 46.9 Å². The Hall–Kier alpha value is -2.31. The summed E-state index contributed by atoms with van der Waals surface area (Å²) in [4.78, 5) is 15.7. The van der Waals surface area contributed by atoms with Crippen LogP contribution in [0.1, 0.15) is 17.3 Å². The molecule has 2 aromatic rings. The van der Waals surface area contributed by atoms with Crippen LogP contribution in [0.15, 0.2) is 30.9 Å². The normalized spacial score (nSPS) is 12.2. The molecule has 0 saturated heterocycles. The molecule has 0 fully saturated rings. The summed E-state index contributed by atoms with van der Waals surface area (Å²) in [5.41, 5.74) is -0.265. The quantitative estimate of drug-likeness (QED) is 0.874. The zero-order valence-corrected chi connectivity index (χ0v) is 10.6. The van der Waals surface area contributed by atoms with Crippen LogP contribution in [0, 0.1) is 17.5 Å². The van der Waals surface area contributed by atoms with Crippen LogP contribution in [-0.4, -0.2) is 21.5 Å². The number of imidazole rings is 1. The number of carbonyl (C=O) groups is 1. The van der Waals surface area contributed by atoms with Crippen LogP contribution < -0.4 is 5.32 Å². The van der Waals surface area contributed by atoms with E-state index < -0.39 is 23.4 Å². The molecule has 20 heavy (non-hydrogen) atoms. The van der Waals surface area contributed by atoms with E-state index in [2.05, 4.69) is 10.3 Å². The van der Waals surface area contributed by atoms with Crippen LogP contribution in [-0.2, 0) is 6.54 Å². The summed E-state index contributed by atoms with van der Waals surface area (Å²) in [6.07, 6.45) is 4.90. The number of halogens is 3. The van der Waals surface area contributed by atoms with Crippen molar-refractivity contribution in [2.24, 2.45) is 0 Å². The number of amides is 1. The second-order valence-electron chi connectivity index (χ2n) is 4.39. The fourth-order valence-electron chi connectivity index (χ4n) is 1.75. The monoisotopic (exact) mass is 283 g/mol. The van der Waals surface area contributed by atoms with Crippen LogP contribution in [0.25, 0.3) is 0 Å². The molecule has 1 aromatic heterocycles. The minimum Gasteiger partial charge on any atom is -0.348 e. The number of nitrogens with zero attached hydrogens (tertiary/aromatic N) is 2. The van der Waals surface area contributed by atoms with Gasteiger partial charge in [0.2, 0.25) is 0 Å². The highest BCUT2D eigenvalue weighted by Gasteiger charge is 2.16. The molecule has 0 aliphatic rings. The number of nitrogens with one attached hydrogen (secondary N) is 1. The zero-order chi connectivity index (χ0) is 14.7. The van der Waals surface area contributed by atoms with Gasteiger partial charge in [-0.25, -0.2) is 18.2 Å². The predicted molar refractivity (Wildman–Crippen MR) is 65.5 cm³/mol. The summed E-state index contributed by atoms with van der Waals surface area (Å²) in [7, 11) is 0. The third kappa shape index (κ3) is 3.17. The SMILES string of the molecule is CC(Cn1ccnc1)NC(=O)c1cc(F)c(F)c(F)c1. The van der Waals surface area contributed by atoms with Crippen molar-refractivity contribution in [3.8, 4) is 0 Å². The summed E-state index contributed by atoms with van der Waals surface area (Å²) in [6, 6.07) is 1.04. The molecule has 1 unspecified atom stereocenters. The molecule has 7 heteroatoms. The first-order valence-electron chi connectivity index (χ1n) is 5.88. The van der Waals surface area contributed by atoms with Gasteiger partial charge in [-0.15, -0.1) is 0 Å². The second kappa shape index (κ2) is 5.77. The molecule has 1 heterocycles. The first-order valence-corrected chi connectivity index (χ1v) is 5.88. The number of hydrogen-bond donors (Lipinski definition) is 1. The Morgan fingerprint density at radius 2 is 2.00 bits per heavy atom. The van der Waals surface area contributed by atoms with Crippen molar-refractivity contribution in [3.05, 3.63) is 53.9 Å². The molecule has 0 spiro atoms. The van der Waals surface area contributed by atoms with Gasteiger partial charge in [0.25, 0.3) is 5.91 Å². The first-order chi connectivity index (χ1) is 9.47. The van der Waals surface area contributed by atoms with Crippen LogP contribution in [0.4, 0.5) is 13.2 Å². The molecule has 0 aliphatic heterocycles. The third-order valence-electron chi connectivity index (χ3n) is 2.67. The minimum absolute atomic E-state index is 0.265. The highest BCUT2D eigenvalue weighted by molar-refractivity contribution is 5.94. The van der Waals surface area contributed by atoms with E-state index in [9.17, 15) is 18.0 Å². The van der Waals surface area contributed by atoms with Gasteiger partial charge in [-0.1, -0.05) is 0 Å². The fourth-order valence-corrected chi connectivity index (χ4v) is 1.75. The van der Waals surface area contributed by atoms with E-state index in [1.54, 1.807) is 30.2 Å². The van der Waals surface area contributed by atoms with Crippen molar-refractivity contribution >= 4 is 5.91 Å². The number of carbonyl (C=O) groups excluding carboxylic acids is 1. The summed E-state index contributed by atoms with van der Waals surface area (Å²) in [5, 5.41) is 2.57. The highest BCUT2D eigenvalue weighted by Crippen LogP contribution is 2.13. The lowest BCUT2D eigenvalue weighted by Crippen LogP contribution is -2.35. The molecule has 1 atom stereocenters. The van der Waals surface area contributed by atoms with Crippen LogP contribution in [0.3, 0.4) is 0 Å². The Balaban J connectivity index is 2.04. The van der Waals surface area contributed by atoms with Gasteiger partial charge >= 0.3 is 0 Å². The maximum absolute atomic E-state index is 13.0. The molecule has 1 aromatic carbocycles. The number of hydrogen-bond acceptors (Lipinski definition) is 2. The Morgan fingerprint density at radius 1 is 1.35 bits per heavy atom. The Morgan fingerprint density at radius 3 is 2.55 bits per heavy atom. The lowest BCUT2D eigenvalue weighted by atomic mass is 10.2. The van der Waals surface area contributed by atoms with Crippen molar-refractivity contribution in [1.82, 2.24) is 14.9 Å². The number of rotatable bonds is 4. The van der Waals surface area contributed by atoms with Gasteiger partial charge in [0.15, 0.2) is 17.5 Å². The summed E-state index contributed by atoms with van der Waals surface area (Å²) in [5.74, 6) is -5.04. The van der Waals surface area contributed by atoms with E-state index in [-0.39, 0.29) is 11.6 Å². The van der Waals surface area contributed by atoms with E-state index in [4.69, 9.17) is 0 Å². The molecule has 2 rings (SSSR count). The van der Waals surface area contributed by atoms with Gasteiger partial charge in [-0.3, -0.25) is 4.79 Å². The van der Waals surface area contributed by atoms with Crippen LogP contribution >= 0.6 is 0 Å². The summed E-state index contributed by atoms with van der Waals surface area (Å²) < 4.78 is 40.6. The van der Waals surface area contributed by atoms with E-state index in [1.807, 2.05) is 0 Å². The van der Waals surface area contributed by atoms with Crippen molar-refractivity contribution in [2.75, 3.05) is 0 Å². The zero-order valence-electron chi connectivity index (χ0n) is 10.6. The van der Waals surface area contributed by atoms with Crippen molar-refractivity contribution in [1.29, 1.82) is 0 Å². The van der Waals surface area contributed by atoms with Crippen LogP contribution in [0.2, 0.25) is 0 Å². The smallest absolute Gasteiger partial charge is 0.251 e. The summed E-state index contributed by atoms with van der Waals surface area (Å²) >= 11 is 0. The molecule has 106 valence electrons. The van der Waals surface area contributed by atoms with Gasteiger partial charge < -0.3 is 9.88 Å². The maximum atomic E-state index is 13.0. The minimum atomic E-state index is -1.59. The van der Waals surface area contributed by atoms with Gasteiger partial charge in [0.05, 0.1) is 6.33 Å². The molecule has 1 N–H and O–H groups in total. The molecule has 1 amide bonds. The Kier molecular flexibility index (Phi) is 4.07.